The highest BCUT2D eigenvalue weighted by Gasteiger charge is 2.26. The molecule has 2 rings (SSSR count). The van der Waals surface area contributed by atoms with Crippen molar-refractivity contribution in [3.8, 4) is 0 Å². The van der Waals surface area contributed by atoms with Crippen LogP contribution in [0.3, 0.4) is 0 Å². The molecule has 0 aromatic carbocycles. The number of aryl methyl sites for hydroxylation is 2. The van der Waals surface area contributed by atoms with Gasteiger partial charge in [-0.15, -0.1) is 0 Å². The van der Waals surface area contributed by atoms with Crippen molar-refractivity contribution in [3.63, 3.8) is 0 Å². The first-order chi connectivity index (χ1) is 9.13. The normalized spacial score (nSPS) is 20.2. The van der Waals surface area contributed by atoms with Crippen LogP contribution in [0.15, 0.2) is 6.07 Å². The van der Waals surface area contributed by atoms with E-state index in [1.165, 1.54) is 12.8 Å². The molecule has 2 heterocycles. The molecule has 0 spiro atoms. The van der Waals surface area contributed by atoms with E-state index in [1.807, 2.05) is 24.8 Å². The van der Waals surface area contributed by atoms with Gasteiger partial charge in [0.05, 0.1) is 17.0 Å². The molecule has 0 aliphatic carbocycles. The Bertz CT molecular complexity index is 464. The Morgan fingerprint density at radius 2 is 2.16 bits per heavy atom. The molecule has 1 aliphatic rings. The quantitative estimate of drug-likeness (QED) is 0.785. The summed E-state index contributed by atoms with van der Waals surface area (Å²) in [5.41, 5.74) is 2.20. The molecule has 1 unspecified atom stereocenters. The third kappa shape index (κ3) is 3.32. The van der Waals surface area contributed by atoms with E-state index in [-0.39, 0.29) is 5.91 Å². The van der Waals surface area contributed by atoms with Gasteiger partial charge in [0, 0.05) is 17.9 Å². The fraction of sp³-hybridized carbons (Fsp3) is 0.643. The lowest BCUT2D eigenvalue weighted by atomic mass is 10.1. The average Bonchev–Trinajstić information content (AvgIpc) is 2.65. The summed E-state index contributed by atoms with van der Waals surface area (Å²) >= 11 is 3.54. The highest BCUT2D eigenvalue weighted by molar-refractivity contribution is 9.09. The number of carbonyl (C=O) groups is 1. The molecule has 104 valence electrons. The van der Waals surface area contributed by atoms with E-state index >= 15 is 0 Å². The molecular formula is C14H20BrN3O. The number of nitrogens with zero attached hydrogens (tertiary/aromatic N) is 3. The lowest BCUT2D eigenvalue weighted by Crippen LogP contribution is -2.41. The molecule has 1 aromatic rings. The molecule has 0 radical (unpaired) electrons. The summed E-state index contributed by atoms with van der Waals surface area (Å²) in [5.74, 6) is 0.0989. The van der Waals surface area contributed by atoms with Gasteiger partial charge in [-0.2, -0.15) is 10.2 Å². The van der Waals surface area contributed by atoms with Crippen LogP contribution in [0.2, 0.25) is 0 Å². The van der Waals surface area contributed by atoms with Gasteiger partial charge in [0.2, 0.25) is 0 Å². The van der Waals surface area contributed by atoms with Gasteiger partial charge in [-0.1, -0.05) is 28.8 Å². The molecule has 0 saturated carbocycles. The van der Waals surface area contributed by atoms with Gasteiger partial charge < -0.3 is 4.90 Å². The second kappa shape index (κ2) is 6.46. The minimum absolute atomic E-state index is 0.0989. The predicted molar refractivity (Wildman–Crippen MR) is 78.6 cm³/mol. The lowest BCUT2D eigenvalue weighted by Gasteiger charge is -2.29. The van der Waals surface area contributed by atoms with Gasteiger partial charge >= 0.3 is 0 Å². The number of amides is 1. The van der Waals surface area contributed by atoms with Crippen LogP contribution < -0.4 is 0 Å². The molecule has 0 bridgehead atoms. The van der Waals surface area contributed by atoms with E-state index in [0.717, 1.165) is 30.4 Å². The number of aromatic nitrogens is 2. The maximum absolute atomic E-state index is 12.7. The van der Waals surface area contributed by atoms with Gasteiger partial charge in [0.15, 0.2) is 0 Å². The molecule has 1 fully saturated rings. The minimum Gasteiger partial charge on any atom is -0.335 e. The number of alkyl halides is 1. The van der Waals surface area contributed by atoms with Gasteiger partial charge in [-0.25, -0.2) is 0 Å². The highest BCUT2D eigenvalue weighted by atomic mass is 79.9. The zero-order valence-electron chi connectivity index (χ0n) is 11.5. The fourth-order valence-corrected chi connectivity index (χ4v) is 3.20. The van der Waals surface area contributed by atoms with Crippen LogP contribution in [0.5, 0.6) is 0 Å². The minimum atomic E-state index is 0.0989. The smallest absolute Gasteiger partial charge is 0.256 e. The maximum Gasteiger partial charge on any atom is 0.256 e. The fourth-order valence-electron chi connectivity index (χ4n) is 2.53. The van der Waals surface area contributed by atoms with Crippen molar-refractivity contribution in [2.24, 2.45) is 0 Å². The number of hydrogen-bond donors (Lipinski definition) is 0. The van der Waals surface area contributed by atoms with Gasteiger partial charge in [0.25, 0.3) is 5.91 Å². The highest BCUT2D eigenvalue weighted by Crippen LogP contribution is 2.21. The predicted octanol–water partition coefficient (Wildman–Crippen LogP) is 2.87. The Balaban J connectivity index is 2.27. The molecule has 1 amide bonds. The molecular weight excluding hydrogens is 306 g/mol. The van der Waals surface area contributed by atoms with Crippen LogP contribution in [0, 0.1) is 13.8 Å². The van der Waals surface area contributed by atoms with Crippen LogP contribution in [0.4, 0.5) is 0 Å². The van der Waals surface area contributed by atoms with Crippen LogP contribution in [0.1, 0.15) is 47.4 Å². The number of carbonyl (C=O) groups excluding carboxylic acids is 1. The number of rotatable bonds is 2. The Labute approximate surface area is 122 Å². The zero-order chi connectivity index (χ0) is 13.8. The second-order valence-electron chi connectivity index (χ2n) is 5.14. The molecule has 1 saturated heterocycles. The number of halogens is 1. The first kappa shape index (κ1) is 14.4. The molecule has 1 aliphatic heterocycles. The van der Waals surface area contributed by atoms with Crippen LogP contribution in [0.25, 0.3) is 0 Å². The first-order valence-corrected chi connectivity index (χ1v) is 7.93. The topological polar surface area (TPSA) is 46.1 Å². The molecule has 4 nitrogen and oxygen atoms in total. The molecule has 19 heavy (non-hydrogen) atoms. The molecule has 5 heteroatoms. The number of likely N-dealkylation sites (tertiary alicyclic amines) is 1. The summed E-state index contributed by atoms with van der Waals surface area (Å²) in [6.45, 7) is 4.56. The van der Waals surface area contributed by atoms with E-state index in [1.54, 1.807) is 0 Å². The average molecular weight is 326 g/mol. The van der Waals surface area contributed by atoms with E-state index in [0.29, 0.717) is 17.3 Å². The van der Waals surface area contributed by atoms with Crippen LogP contribution in [-0.4, -0.2) is 38.9 Å². The third-order valence-corrected chi connectivity index (χ3v) is 4.39. The monoisotopic (exact) mass is 325 g/mol. The Morgan fingerprint density at radius 3 is 2.89 bits per heavy atom. The lowest BCUT2D eigenvalue weighted by molar-refractivity contribution is 0.0700. The molecule has 1 aromatic heterocycles. The van der Waals surface area contributed by atoms with Gasteiger partial charge in [-0.3, -0.25) is 4.79 Å². The first-order valence-electron chi connectivity index (χ1n) is 6.81. The summed E-state index contributed by atoms with van der Waals surface area (Å²) in [5, 5.41) is 8.90. The standard InChI is InChI=1S/C14H20BrN3O/c1-10-8-13(11(2)17-16-10)14(19)18-7-5-3-4-6-12(18)9-15/h8,12H,3-7,9H2,1-2H3. The summed E-state index contributed by atoms with van der Waals surface area (Å²) in [6, 6.07) is 2.14. The van der Waals surface area contributed by atoms with Gasteiger partial charge in [0.1, 0.15) is 0 Å². The Kier molecular flexibility index (Phi) is 4.91. The van der Waals surface area contributed by atoms with E-state index in [9.17, 15) is 4.79 Å². The van der Waals surface area contributed by atoms with Crippen molar-refractivity contribution in [2.45, 2.75) is 45.6 Å². The Morgan fingerprint density at radius 1 is 1.37 bits per heavy atom. The second-order valence-corrected chi connectivity index (χ2v) is 5.79. The van der Waals surface area contributed by atoms with Gasteiger partial charge in [-0.05, 0) is 32.8 Å². The van der Waals surface area contributed by atoms with E-state index in [4.69, 9.17) is 0 Å². The zero-order valence-corrected chi connectivity index (χ0v) is 13.1. The SMILES string of the molecule is Cc1cc(C(=O)N2CCCCCC2CBr)c(C)nn1. The van der Waals surface area contributed by atoms with Crippen molar-refractivity contribution in [1.29, 1.82) is 0 Å². The largest absolute Gasteiger partial charge is 0.335 e. The van der Waals surface area contributed by atoms with Crippen molar-refractivity contribution < 1.29 is 4.79 Å². The van der Waals surface area contributed by atoms with Crippen molar-refractivity contribution in [2.75, 3.05) is 11.9 Å². The summed E-state index contributed by atoms with van der Waals surface area (Å²) in [4.78, 5) is 14.7. The molecule has 0 N–H and O–H groups in total. The summed E-state index contributed by atoms with van der Waals surface area (Å²) in [6.07, 6.45) is 4.58. The molecule has 1 atom stereocenters. The van der Waals surface area contributed by atoms with Crippen molar-refractivity contribution >= 4 is 21.8 Å². The van der Waals surface area contributed by atoms with Crippen molar-refractivity contribution in [1.82, 2.24) is 15.1 Å². The third-order valence-electron chi connectivity index (χ3n) is 3.65. The maximum atomic E-state index is 12.7. The van der Waals surface area contributed by atoms with Crippen molar-refractivity contribution in [3.05, 3.63) is 23.0 Å². The van der Waals surface area contributed by atoms with E-state index in [2.05, 4.69) is 26.1 Å². The summed E-state index contributed by atoms with van der Waals surface area (Å²) < 4.78 is 0. The van der Waals surface area contributed by atoms with Crippen LogP contribution in [-0.2, 0) is 0 Å². The van der Waals surface area contributed by atoms with E-state index < -0.39 is 0 Å². The van der Waals surface area contributed by atoms with Crippen LogP contribution >= 0.6 is 15.9 Å². The summed E-state index contributed by atoms with van der Waals surface area (Å²) in [7, 11) is 0. The number of hydrogen-bond acceptors (Lipinski definition) is 3. The Hall–Kier alpha value is -0.970.